The third kappa shape index (κ3) is 3.36. The van der Waals surface area contributed by atoms with Crippen molar-refractivity contribution in [2.75, 3.05) is 12.9 Å². The quantitative estimate of drug-likeness (QED) is 0.752. The summed E-state index contributed by atoms with van der Waals surface area (Å²) in [5.41, 5.74) is 9.59. The van der Waals surface area contributed by atoms with E-state index in [1.165, 1.54) is 5.56 Å². The summed E-state index contributed by atoms with van der Waals surface area (Å²) in [6, 6.07) is 17.8. The fourth-order valence-electron chi connectivity index (χ4n) is 2.86. The molecule has 7 heteroatoms. The number of nitrogens with zero attached hydrogens (tertiary/aromatic N) is 4. The van der Waals surface area contributed by atoms with Gasteiger partial charge in [-0.15, -0.1) is 10.2 Å². The van der Waals surface area contributed by atoms with Crippen LogP contribution in [-0.4, -0.2) is 33.4 Å². The largest absolute Gasteiger partial charge is 0.497 e. The van der Waals surface area contributed by atoms with E-state index in [-0.39, 0.29) is 6.04 Å². The van der Waals surface area contributed by atoms with Crippen LogP contribution in [0, 0.1) is 0 Å². The minimum absolute atomic E-state index is 0.266. The van der Waals surface area contributed by atoms with Crippen LogP contribution in [-0.2, 0) is 6.42 Å². The maximum absolute atomic E-state index is 6.40. The molecule has 0 spiro atoms. The van der Waals surface area contributed by atoms with Gasteiger partial charge in [-0.1, -0.05) is 42.1 Å². The zero-order valence-electron chi connectivity index (χ0n) is 14.4. The highest BCUT2D eigenvalue weighted by Crippen LogP contribution is 2.27. The van der Waals surface area contributed by atoms with E-state index in [0.717, 1.165) is 27.9 Å². The number of rotatable bonds is 5. The van der Waals surface area contributed by atoms with Gasteiger partial charge in [0.1, 0.15) is 5.75 Å². The zero-order chi connectivity index (χ0) is 17.9. The summed E-state index contributed by atoms with van der Waals surface area (Å²) in [4.78, 5) is 0. The number of hydrogen-bond donors (Lipinski definition) is 1. The zero-order valence-corrected chi connectivity index (χ0v) is 15.2. The Labute approximate surface area is 156 Å². The van der Waals surface area contributed by atoms with Crippen molar-refractivity contribution < 1.29 is 4.74 Å². The molecule has 6 nitrogen and oxygen atoms in total. The van der Waals surface area contributed by atoms with Crippen LogP contribution in [0.25, 0.3) is 0 Å². The summed E-state index contributed by atoms with van der Waals surface area (Å²) in [7, 11) is 1.66. The van der Waals surface area contributed by atoms with Crippen molar-refractivity contribution in [2.45, 2.75) is 17.6 Å². The Kier molecular flexibility index (Phi) is 4.73. The minimum atomic E-state index is -0.266. The van der Waals surface area contributed by atoms with Gasteiger partial charge in [0.25, 0.3) is 0 Å². The molecular formula is C19H19N5OS. The summed E-state index contributed by atoms with van der Waals surface area (Å²) in [6.45, 7) is 0. The number of hydrogen-bond acceptors (Lipinski definition) is 6. The Morgan fingerprint density at radius 1 is 1.12 bits per heavy atom. The number of nitrogens with two attached hydrogens (primary N) is 1. The van der Waals surface area contributed by atoms with E-state index >= 15 is 0 Å². The summed E-state index contributed by atoms with van der Waals surface area (Å²) < 4.78 is 7.00. The van der Waals surface area contributed by atoms with Crippen molar-refractivity contribution >= 4 is 17.5 Å². The van der Waals surface area contributed by atoms with Crippen molar-refractivity contribution in [3.8, 4) is 5.75 Å². The van der Waals surface area contributed by atoms with Gasteiger partial charge in [-0.05, 0) is 41.8 Å². The maximum Gasteiger partial charge on any atom is 0.212 e. The van der Waals surface area contributed by atoms with Crippen LogP contribution in [0.1, 0.15) is 23.0 Å². The standard InChI is InChI=1S/C19H19N5OS/c1-25-15-9-7-14(8-10-15)17-12-26-19-22-21-18(24(19)23-17)16(20)11-13-5-3-2-4-6-13/h2-10,16H,11-12,20H2,1H3. The summed E-state index contributed by atoms with van der Waals surface area (Å²) in [5.74, 6) is 2.26. The molecule has 3 aromatic rings. The number of benzene rings is 2. The van der Waals surface area contributed by atoms with Gasteiger partial charge in [-0.2, -0.15) is 9.78 Å². The first-order valence-electron chi connectivity index (χ1n) is 8.34. The molecule has 1 aliphatic rings. The van der Waals surface area contributed by atoms with Crippen LogP contribution in [0.5, 0.6) is 5.75 Å². The maximum atomic E-state index is 6.40. The minimum Gasteiger partial charge on any atom is -0.497 e. The number of aromatic nitrogens is 3. The molecule has 1 atom stereocenters. The predicted molar refractivity (Wildman–Crippen MR) is 103 cm³/mol. The van der Waals surface area contributed by atoms with Crippen molar-refractivity contribution in [1.82, 2.24) is 14.9 Å². The number of ether oxygens (including phenoxy) is 1. The number of fused-ring (bicyclic) bond motifs is 1. The highest BCUT2D eigenvalue weighted by Gasteiger charge is 2.23. The molecule has 2 aromatic carbocycles. The molecule has 132 valence electrons. The Balaban J connectivity index is 1.61. The second kappa shape index (κ2) is 7.31. The van der Waals surface area contributed by atoms with Gasteiger partial charge >= 0.3 is 0 Å². The van der Waals surface area contributed by atoms with E-state index in [1.807, 2.05) is 42.5 Å². The molecule has 0 fully saturated rings. The average molecular weight is 365 g/mol. The second-order valence-electron chi connectivity index (χ2n) is 6.01. The molecular weight excluding hydrogens is 346 g/mol. The lowest BCUT2D eigenvalue weighted by Gasteiger charge is -2.16. The normalized spacial score (nSPS) is 14.5. The molecule has 1 unspecified atom stereocenters. The van der Waals surface area contributed by atoms with Gasteiger partial charge in [-0.3, -0.25) is 0 Å². The van der Waals surface area contributed by atoms with Crippen LogP contribution in [0.2, 0.25) is 0 Å². The average Bonchev–Trinajstić information content (AvgIpc) is 3.12. The molecule has 0 saturated carbocycles. The highest BCUT2D eigenvalue weighted by molar-refractivity contribution is 7.99. The van der Waals surface area contributed by atoms with E-state index < -0.39 is 0 Å². The molecule has 0 bridgehead atoms. The van der Waals surface area contributed by atoms with Crippen LogP contribution >= 0.6 is 11.8 Å². The van der Waals surface area contributed by atoms with Gasteiger partial charge in [0.05, 0.1) is 18.9 Å². The van der Waals surface area contributed by atoms with Crippen LogP contribution in [0.15, 0.2) is 64.9 Å². The number of thioether (sulfide) groups is 1. The smallest absolute Gasteiger partial charge is 0.212 e. The van der Waals surface area contributed by atoms with Crippen LogP contribution in [0.3, 0.4) is 0 Å². The Hall–Kier alpha value is -2.64. The lowest BCUT2D eigenvalue weighted by molar-refractivity contribution is 0.415. The molecule has 2 N–H and O–H groups in total. The van der Waals surface area contributed by atoms with E-state index in [0.29, 0.717) is 12.2 Å². The highest BCUT2D eigenvalue weighted by atomic mass is 32.2. The monoisotopic (exact) mass is 365 g/mol. The van der Waals surface area contributed by atoms with Crippen LogP contribution in [0.4, 0.5) is 0 Å². The molecule has 0 saturated heterocycles. The predicted octanol–water partition coefficient (Wildman–Crippen LogP) is 2.89. The molecule has 0 aliphatic carbocycles. The molecule has 1 aromatic heterocycles. The Morgan fingerprint density at radius 2 is 1.88 bits per heavy atom. The third-order valence-corrected chi connectivity index (χ3v) is 5.18. The SMILES string of the molecule is COc1ccc(C2=Nn3c(nnc3C(N)Cc3ccccc3)SC2)cc1. The summed E-state index contributed by atoms with van der Waals surface area (Å²) in [5, 5.41) is 14.1. The second-order valence-corrected chi connectivity index (χ2v) is 6.96. The molecule has 0 radical (unpaired) electrons. The van der Waals surface area contributed by atoms with E-state index in [4.69, 9.17) is 15.6 Å². The first-order chi connectivity index (χ1) is 12.7. The van der Waals surface area contributed by atoms with Gasteiger partial charge in [0.2, 0.25) is 5.16 Å². The third-order valence-electron chi connectivity index (χ3n) is 4.25. The van der Waals surface area contributed by atoms with Gasteiger partial charge < -0.3 is 10.5 Å². The fraction of sp³-hybridized carbons (Fsp3) is 0.211. The Bertz CT molecular complexity index is 921. The molecule has 26 heavy (non-hydrogen) atoms. The van der Waals surface area contributed by atoms with Crippen molar-refractivity contribution in [1.29, 1.82) is 0 Å². The fourth-order valence-corrected chi connectivity index (χ4v) is 3.70. The first-order valence-corrected chi connectivity index (χ1v) is 9.33. The van der Waals surface area contributed by atoms with Gasteiger partial charge in [0.15, 0.2) is 5.82 Å². The van der Waals surface area contributed by atoms with Crippen molar-refractivity contribution in [3.63, 3.8) is 0 Å². The van der Waals surface area contributed by atoms with E-state index in [9.17, 15) is 0 Å². The summed E-state index contributed by atoms with van der Waals surface area (Å²) in [6.07, 6.45) is 0.691. The summed E-state index contributed by atoms with van der Waals surface area (Å²) >= 11 is 1.62. The van der Waals surface area contributed by atoms with E-state index in [2.05, 4.69) is 22.3 Å². The van der Waals surface area contributed by atoms with E-state index in [1.54, 1.807) is 23.5 Å². The molecule has 1 aliphatic heterocycles. The van der Waals surface area contributed by atoms with Crippen molar-refractivity contribution in [3.05, 3.63) is 71.5 Å². The topological polar surface area (TPSA) is 78.3 Å². The Morgan fingerprint density at radius 3 is 2.62 bits per heavy atom. The lowest BCUT2D eigenvalue weighted by Crippen LogP contribution is -2.21. The molecule has 0 amide bonds. The molecule has 4 rings (SSSR count). The first kappa shape index (κ1) is 16.8. The lowest BCUT2D eigenvalue weighted by atomic mass is 10.1. The van der Waals surface area contributed by atoms with Gasteiger partial charge in [0, 0.05) is 5.75 Å². The van der Waals surface area contributed by atoms with Crippen LogP contribution < -0.4 is 10.5 Å². The van der Waals surface area contributed by atoms with Crippen molar-refractivity contribution in [2.24, 2.45) is 10.8 Å². The van der Waals surface area contributed by atoms with Gasteiger partial charge in [-0.25, -0.2) is 0 Å². The molecule has 2 heterocycles. The number of methoxy groups -OCH3 is 1.